The molecule has 178 valence electrons. The summed E-state index contributed by atoms with van der Waals surface area (Å²) < 4.78 is 0. The fraction of sp³-hybridized carbons (Fsp3) is 0.667. The molecule has 11 heteroatoms. The highest BCUT2D eigenvalue weighted by Gasteiger charge is 2.41. The molecule has 0 aromatic rings. The minimum absolute atomic E-state index is 0.129. The number of nitrogens with one attached hydrogen (secondary N) is 4. The SMILES string of the molecule is C#CC[C@@H](NC(=O)[C@H](CC(=O)O)NC(=O)CCC(C)C)C(=O)NC1(C(N)=O)CCNCC1. The van der Waals surface area contributed by atoms with Crippen LogP contribution in [0.1, 0.15) is 52.4 Å². The zero-order valence-corrected chi connectivity index (χ0v) is 18.5. The first-order valence-corrected chi connectivity index (χ1v) is 10.6. The fourth-order valence-electron chi connectivity index (χ4n) is 3.28. The van der Waals surface area contributed by atoms with Gasteiger partial charge in [-0.3, -0.25) is 24.0 Å². The summed E-state index contributed by atoms with van der Waals surface area (Å²) in [7, 11) is 0. The van der Waals surface area contributed by atoms with E-state index in [1.807, 2.05) is 13.8 Å². The highest BCUT2D eigenvalue weighted by molar-refractivity contribution is 5.96. The summed E-state index contributed by atoms with van der Waals surface area (Å²) in [5.41, 5.74) is 4.24. The van der Waals surface area contributed by atoms with Gasteiger partial charge < -0.3 is 32.1 Å². The number of amides is 4. The van der Waals surface area contributed by atoms with E-state index in [-0.39, 0.29) is 31.6 Å². The summed E-state index contributed by atoms with van der Waals surface area (Å²) >= 11 is 0. The maximum atomic E-state index is 12.8. The van der Waals surface area contributed by atoms with Gasteiger partial charge in [-0.1, -0.05) is 13.8 Å². The Morgan fingerprint density at radius 3 is 2.22 bits per heavy atom. The van der Waals surface area contributed by atoms with Gasteiger partial charge in [-0.15, -0.1) is 12.3 Å². The Balaban J connectivity index is 2.91. The Bertz CT molecular complexity index is 754. The lowest BCUT2D eigenvalue weighted by molar-refractivity contribution is -0.141. The molecule has 0 unspecified atom stereocenters. The van der Waals surface area contributed by atoms with E-state index in [9.17, 15) is 24.0 Å². The second kappa shape index (κ2) is 12.7. The summed E-state index contributed by atoms with van der Waals surface area (Å²) in [6.45, 7) is 4.80. The molecule has 1 aliphatic rings. The third-order valence-corrected chi connectivity index (χ3v) is 5.23. The van der Waals surface area contributed by atoms with Gasteiger partial charge in [-0.25, -0.2) is 0 Å². The van der Waals surface area contributed by atoms with Crippen molar-refractivity contribution in [1.82, 2.24) is 21.3 Å². The lowest BCUT2D eigenvalue weighted by atomic mass is 9.87. The zero-order valence-electron chi connectivity index (χ0n) is 18.5. The number of piperidine rings is 1. The molecule has 1 rings (SSSR count). The molecule has 0 saturated carbocycles. The van der Waals surface area contributed by atoms with Crippen LogP contribution in [-0.4, -0.2) is 65.4 Å². The molecular formula is C21H33N5O6. The fourth-order valence-corrected chi connectivity index (χ4v) is 3.28. The number of carboxylic acids is 1. The number of carboxylic acid groups (broad SMARTS) is 1. The number of terminal acetylenes is 1. The average molecular weight is 452 g/mol. The summed E-state index contributed by atoms with van der Waals surface area (Å²) in [6, 6.07) is -2.62. The monoisotopic (exact) mass is 451 g/mol. The standard InChI is InChI=1S/C21H33N5O6/c1-4-5-14(19(31)26-21(20(22)32)8-10-23-11-9-21)25-18(30)15(12-17(28)29)24-16(27)7-6-13(2)3/h1,13-15,23H,5-12H2,2-3H3,(H2,22,32)(H,24,27)(H,25,30)(H,26,31)(H,28,29)/t14-,15+/m1/s1. The molecule has 0 spiro atoms. The second-order valence-corrected chi connectivity index (χ2v) is 8.31. The molecule has 1 saturated heterocycles. The highest BCUT2D eigenvalue weighted by atomic mass is 16.4. The second-order valence-electron chi connectivity index (χ2n) is 8.31. The van der Waals surface area contributed by atoms with E-state index in [4.69, 9.17) is 17.3 Å². The van der Waals surface area contributed by atoms with Crippen LogP contribution in [0.5, 0.6) is 0 Å². The van der Waals surface area contributed by atoms with Crippen molar-refractivity contribution < 1.29 is 29.1 Å². The maximum absolute atomic E-state index is 12.8. The van der Waals surface area contributed by atoms with Gasteiger partial charge in [0.05, 0.1) is 6.42 Å². The molecule has 0 aliphatic carbocycles. The van der Waals surface area contributed by atoms with E-state index in [0.29, 0.717) is 19.5 Å². The quantitative estimate of drug-likeness (QED) is 0.198. The van der Waals surface area contributed by atoms with Crippen LogP contribution in [-0.2, 0) is 24.0 Å². The van der Waals surface area contributed by atoms with Crippen LogP contribution in [0.4, 0.5) is 0 Å². The molecule has 11 nitrogen and oxygen atoms in total. The topological polar surface area (TPSA) is 180 Å². The van der Waals surface area contributed by atoms with Crippen molar-refractivity contribution in [3.8, 4) is 12.3 Å². The molecule has 0 aromatic heterocycles. The van der Waals surface area contributed by atoms with Gasteiger partial charge in [-0.05, 0) is 38.3 Å². The van der Waals surface area contributed by atoms with E-state index in [1.165, 1.54) is 0 Å². The van der Waals surface area contributed by atoms with E-state index in [0.717, 1.165) is 0 Å². The van der Waals surface area contributed by atoms with Gasteiger partial charge in [0.2, 0.25) is 23.6 Å². The molecular weight excluding hydrogens is 418 g/mol. The minimum atomic E-state index is -1.38. The molecule has 32 heavy (non-hydrogen) atoms. The first kappa shape index (κ1) is 26.9. The Labute approximate surface area is 187 Å². The van der Waals surface area contributed by atoms with E-state index in [2.05, 4.69) is 27.2 Å². The normalized spacial score (nSPS) is 16.8. The molecule has 0 radical (unpaired) electrons. The predicted octanol–water partition coefficient (Wildman–Crippen LogP) is -1.39. The number of carbonyl (C=O) groups is 5. The number of hydrogen-bond acceptors (Lipinski definition) is 6. The van der Waals surface area contributed by atoms with Crippen LogP contribution in [0.25, 0.3) is 0 Å². The van der Waals surface area contributed by atoms with Crippen molar-refractivity contribution in [2.75, 3.05) is 13.1 Å². The number of nitrogens with two attached hydrogens (primary N) is 1. The molecule has 4 amide bonds. The lowest BCUT2D eigenvalue weighted by Crippen LogP contribution is -2.65. The summed E-state index contributed by atoms with van der Waals surface area (Å²) in [5.74, 6) is -1.50. The summed E-state index contributed by atoms with van der Waals surface area (Å²) in [6.07, 6.45) is 5.71. The van der Waals surface area contributed by atoms with Gasteiger partial charge >= 0.3 is 5.97 Å². The molecule has 0 bridgehead atoms. The largest absolute Gasteiger partial charge is 0.481 e. The summed E-state index contributed by atoms with van der Waals surface area (Å²) in [5, 5.41) is 19.6. The number of aliphatic carboxylic acids is 1. The van der Waals surface area contributed by atoms with Crippen molar-refractivity contribution in [2.45, 2.75) is 70.0 Å². The van der Waals surface area contributed by atoms with Gasteiger partial charge in [0.15, 0.2) is 0 Å². The van der Waals surface area contributed by atoms with Crippen molar-refractivity contribution in [2.24, 2.45) is 11.7 Å². The van der Waals surface area contributed by atoms with Crippen molar-refractivity contribution >= 4 is 29.6 Å². The van der Waals surface area contributed by atoms with Crippen LogP contribution in [0.15, 0.2) is 0 Å². The molecule has 2 atom stereocenters. The van der Waals surface area contributed by atoms with Gasteiger partial charge in [-0.2, -0.15) is 0 Å². The lowest BCUT2D eigenvalue weighted by Gasteiger charge is -2.36. The average Bonchev–Trinajstić information content (AvgIpc) is 2.71. The van der Waals surface area contributed by atoms with Crippen LogP contribution in [0.3, 0.4) is 0 Å². The Morgan fingerprint density at radius 2 is 1.72 bits per heavy atom. The van der Waals surface area contributed by atoms with Crippen LogP contribution in [0.2, 0.25) is 0 Å². The van der Waals surface area contributed by atoms with Gasteiger partial charge in [0.25, 0.3) is 0 Å². The number of carbonyl (C=O) groups excluding carboxylic acids is 4. The Hall–Kier alpha value is -3.13. The van der Waals surface area contributed by atoms with E-state index >= 15 is 0 Å². The van der Waals surface area contributed by atoms with Crippen molar-refractivity contribution in [1.29, 1.82) is 0 Å². The van der Waals surface area contributed by atoms with E-state index < -0.39 is 53.6 Å². The first-order valence-electron chi connectivity index (χ1n) is 10.6. The molecule has 1 heterocycles. The van der Waals surface area contributed by atoms with E-state index in [1.54, 1.807) is 0 Å². The summed E-state index contributed by atoms with van der Waals surface area (Å²) in [4.78, 5) is 60.9. The van der Waals surface area contributed by atoms with Crippen LogP contribution in [0, 0.1) is 18.3 Å². The molecule has 7 N–H and O–H groups in total. The minimum Gasteiger partial charge on any atom is -0.481 e. The smallest absolute Gasteiger partial charge is 0.305 e. The van der Waals surface area contributed by atoms with Crippen LogP contribution >= 0.6 is 0 Å². The highest BCUT2D eigenvalue weighted by Crippen LogP contribution is 2.18. The molecule has 1 fully saturated rings. The third kappa shape index (κ3) is 8.55. The van der Waals surface area contributed by atoms with Gasteiger partial charge in [0, 0.05) is 12.8 Å². The zero-order chi connectivity index (χ0) is 24.3. The number of primary amides is 1. The molecule has 0 aromatic carbocycles. The molecule has 1 aliphatic heterocycles. The third-order valence-electron chi connectivity index (χ3n) is 5.23. The number of rotatable bonds is 12. The van der Waals surface area contributed by atoms with Crippen molar-refractivity contribution in [3.63, 3.8) is 0 Å². The predicted molar refractivity (Wildman–Crippen MR) is 116 cm³/mol. The number of hydrogen-bond donors (Lipinski definition) is 6. The van der Waals surface area contributed by atoms with Crippen LogP contribution < -0.4 is 27.0 Å². The Morgan fingerprint density at radius 1 is 1.09 bits per heavy atom. The van der Waals surface area contributed by atoms with Gasteiger partial charge in [0.1, 0.15) is 17.6 Å². The maximum Gasteiger partial charge on any atom is 0.305 e. The first-order chi connectivity index (χ1) is 15.0. The van der Waals surface area contributed by atoms with Crippen molar-refractivity contribution in [3.05, 3.63) is 0 Å². The Kier molecular flexibility index (Phi) is 10.6.